The van der Waals surface area contributed by atoms with E-state index in [0.717, 1.165) is 12.0 Å². The fraction of sp³-hybridized carbons (Fsp3) is 0.500. The van der Waals surface area contributed by atoms with Crippen molar-refractivity contribution in [2.24, 2.45) is 4.99 Å². The molecule has 0 aliphatic heterocycles. The molecule has 1 nitrogen and oxygen atoms in total. The third kappa shape index (κ3) is 7.04. The van der Waals surface area contributed by atoms with Crippen LogP contribution in [0.15, 0.2) is 29.4 Å². The van der Waals surface area contributed by atoms with Crippen LogP contribution in [0, 0.1) is 0 Å². The van der Waals surface area contributed by atoms with E-state index in [9.17, 15) is 0 Å². The van der Waals surface area contributed by atoms with E-state index in [4.69, 9.17) is 0 Å². The zero-order chi connectivity index (χ0) is 8.53. The van der Waals surface area contributed by atoms with Gasteiger partial charge >= 0.3 is 0 Å². The fourth-order valence-electron chi connectivity index (χ4n) is 0.703. The average Bonchev–Trinajstić information content (AvgIpc) is 2.01. The number of aliphatic imine (C=N–C) groups is 1. The third-order valence-corrected chi connectivity index (χ3v) is 1.34. The van der Waals surface area contributed by atoms with E-state index < -0.39 is 0 Å². The van der Waals surface area contributed by atoms with E-state index in [1.165, 1.54) is 12.8 Å². The predicted molar refractivity (Wildman–Crippen MR) is 52.0 cm³/mol. The molecule has 0 saturated carbocycles. The Morgan fingerprint density at radius 2 is 2.27 bits per heavy atom. The summed E-state index contributed by atoms with van der Waals surface area (Å²) in [7, 11) is 0. The summed E-state index contributed by atoms with van der Waals surface area (Å²) in [6, 6.07) is 0. The molecule has 0 unspecified atom stereocenters. The van der Waals surface area contributed by atoms with Crippen molar-refractivity contribution in [3.63, 3.8) is 0 Å². The number of allylic oxidation sites excluding steroid dienone is 2. The number of unbranched alkanes of at least 4 members (excludes halogenated alkanes) is 1. The minimum Gasteiger partial charge on any atom is -0.265 e. The van der Waals surface area contributed by atoms with Gasteiger partial charge in [0.15, 0.2) is 0 Å². The van der Waals surface area contributed by atoms with E-state index in [0.29, 0.717) is 0 Å². The molecule has 0 radical (unpaired) electrons. The lowest BCUT2D eigenvalue weighted by molar-refractivity contribution is 0.806. The van der Waals surface area contributed by atoms with Gasteiger partial charge < -0.3 is 0 Å². The van der Waals surface area contributed by atoms with Crippen LogP contribution >= 0.6 is 0 Å². The summed E-state index contributed by atoms with van der Waals surface area (Å²) in [6.07, 6.45) is 9.01. The van der Waals surface area contributed by atoms with Crippen LogP contribution in [0.25, 0.3) is 0 Å². The largest absolute Gasteiger partial charge is 0.265 e. The van der Waals surface area contributed by atoms with Gasteiger partial charge in [-0.05, 0) is 25.3 Å². The normalized spacial score (nSPS) is 11.5. The van der Waals surface area contributed by atoms with Gasteiger partial charge in [-0.3, -0.25) is 4.99 Å². The Bertz CT molecular complexity index is 154. The Morgan fingerprint density at radius 1 is 1.55 bits per heavy atom. The summed E-state index contributed by atoms with van der Waals surface area (Å²) >= 11 is 0. The van der Waals surface area contributed by atoms with Crippen LogP contribution < -0.4 is 0 Å². The third-order valence-electron chi connectivity index (χ3n) is 1.34. The molecule has 0 aromatic carbocycles. The standard InChI is InChI=1S/C10H17N/c1-4-6-7-10(3)9-11-8-5-2/h5,8-9H,3-4,6-7H2,1-2H3/b8-5-,11-9?. The molecule has 0 aromatic heterocycles. The zero-order valence-electron chi connectivity index (χ0n) is 7.51. The number of hydrogen-bond donors (Lipinski definition) is 0. The molecule has 0 atom stereocenters. The van der Waals surface area contributed by atoms with E-state index in [2.05, 4.69) is 18.5 Å². The predicted octanol–water partition coefficient (Wildman–Crippen LogP) is 3.34. The molecule has 0 bridgehead atoms. The first-order chi connectivity index (χ1) is 5.31. The van der Waals surface area contributed by atoms with Crippen molar-refractivity contribution >= 4 is 6.21 Å². The van der Waals surface area contributed by atoms with Crippen molar-refractivity contribution < 1.29 is 0 Å². The van der Waals surface area contributed by atoms with E-state index in [-0.39, 0.29) is 0 Å². The number of hydrogen-bond acceptors (Lipinski definition) is 1. The molecule has 0 fully saturated rings. The Balaban J connectivity index is 3.51. The van der Waals surface area contributed by atoms with Crippen LogP contribution in [0.5, 0.6) is 0 Å². The molecule has 1 heteroatoms. The van der Waals surface area contributed by atoms with Gasteiger partial charge in [0.1, 0.15) is 0 Å². The van der Waals surface area contributed by atoms with Gasteiger partial charge in [0.05, 0.1) is 0 Å². The van der Waals surface area contributed by atoms with Crippen molar-refractivity contribution in [3.8, 4) is 0 Å². The monoisotopic (exact) mass is 151 g/mol. The van der Waals surface area contributed by atoms with Crippen molar-refractivity contribution in [1.82, 2.24) is 0 Å². The van der Waals surface area contributed by atoms with Crippen LogP contribution in [0.2, 0.25) is 0 Å². The van der Waals surface area contributed by atoms with Crippen molar-refractivity contribution in [1.29, 1.82) is 0 Å². The van der Waals surface area contributed by atoms with Crippen molar-refractivity contribution in [2.75, 3.05) is 0 Å². The van der Waals surface area contributed by atoms with Crippen molar-refractivity contribution in [2.45, 2.75) is 33.1 Å². The lowest BCUT2D eigenvalue weighted by Gasteiger charge is -1.94. The first kappa shape index (κ1) is 10.2. The first-order valence-corrected chi connectivity index (χ1v) is 4.13. The molecule has 0 rings (SSSR count). The van der Waals surface area contributed by atoms with Crippen molar-refractivity contribution in [3.05, 3.63) is 24.4 Å². The molecule has 62 valence electrons. The van der Waals surface area contributed by atoms with E-state index >= 15 is 0 Å². The molecule has 0 amide bonds. The van der Waals surface area contributed by atoms with Gasteiger partial charge in [-0.25, -0.2) is 0 Å². The Labute approximate surface area is 69.5 Å². The molecule has 0 spiro atoms. The molecule has 0 heterocycles. The summed E-state index contributed by atoms with van der Waals surface area (Å²) in [5.74, 6) is 0. The average molecular weight is 151 g/mol. The maximum Gasteiger partial charge on any atom is 0.0293 e. The van der Waals surface area contributed by atoms with Gasteiger partial charge in [0.2, 0.25) is 0 Å². The smallest absolute Gasteiger partial charge is 0.0293 e. The lowest BCUT2D eigenvalue weighted by Crippen LogP contribution is -1.81. The Morgan fingerprint density at radius 3 is 2.82 bits per heavy atom. The highest BCUT2D eigenvalue weighted by Gasteiger charge is 1.86. The van der Waals surface area contributed by atoms with Gasteiger partial charge in [-0.1, -0.05) is 26.0 Å². The van der Waals surface area contributed by atoms with Gasteiger partial charge in [-0.2, -0.15) is 0 Å². The second-order valence-corrected chi connectivity index (χ2v) is 2.52. The van der Waals surface area contributed by atoms with Crippen LogP contribution in [-0.2, 0) is 0 Å². The molecule has 0 aliphatic carbocycles. The highest BCUT2D eigenvalue weighted by atomic mass is 14.7. The molecule has 0 saturated heterocycles. The topological polar surface area (TPSA) is 12.4 Å². The molecule has 0 aliphatic rings. The Kier molecular flexibility index (Phi) is 6.70. The maximum atomic E-state index is 4.04. The quantitative estimate of drug-likeness (QED) is 0.534. The highest BCUT2D eigenvalue weighted by molar-refractivity contribution is 5.77. The summed E-state index contributed by atoms with van der Waals surface area (Å²) in [6.45, 7) is 8.01. The van der Waals surface area contributed by atoms with E-state index in [1.54, 1.807) is 6.20 Å². The summed E-state index contributed by atoms with van der Waals surface area (Å²) < 4.78 is 0. The SMILES string of the molecule is C=C(C=N/C=C\C)CCCC. The van der Waals surface area contributed by atoms with Gasteiger partial charge in [0.25, 0.3) is 0 Å². The van der Waals surface area contributed by atoms with Gasteiger partial charge in [-0.15, -0.1) is 0 Å². The minimum absolute atomic E-state index is 1.07. The minimum atomic E-state index is 1.07. The van der Waals surface area contributed by atoms with Crippen LogP contribution in [0.1, 0.15) is 33.1 Å². The molecular formula is C10H17N. The first-order valence-electron chi connectivity index (χ1n) is 4.13. The lowest BCUT2D eigenvalue weighted by atomic mass is 10.1. The van der Waals surface area contributed by atoms with Crippen LogP contribution in [0.3, 0.4) is 0 Å². The Hall–Kier alpha value is -0.850. The van der Waals surface area contributed by atoms with Crippen LogP contribution in [-0.4, -0.2) is 6.21 Å². The maximum absolute atomic E-state index is 4.04. The highest BCUT2D eigenvalue weighted by Crippen LogP contribution is 2.01. The second-order valence-electron chi connectivity index (χ2n) is 2.52. The molecule has 0 N–H and O–H groups in total. The molecular weight excluding hydrogens is 134 g/mol. The molecule has 0 aromatic rings. The summed E-state index contributed by atoms with van der Waals surface area (Å²) in [5.41, 5.74) is 1.12. The zero-order valence-corrected chi connectivity index (χ0v) is 7.51. The summed E-state index contributed by atoms with van der Waals surface area (Å²) in [4.78, 5) is 4.04. The number of rotatable bonds is 5. The fourth-order valence-corrected chi connectivity index (χ4v) is 0.703. The van der Waals surface area contributed by atoms with E-state index in [1.807, 2.05) is 19.2 Å². The second kappa shape index (κ2) is 7.26. The van der Waals surface area contributed by atoms with Gasteiger partial charge in [0, 0.05) is 12.4 Å². The summed E-state index contributed by atoms with van der Waals surface area (Å²) in [5, 5.41) is 0. The molecule has 11 heavy (non-hydrogen) atoms. The number of nitrogens with zero attached hydrogens (tertiary/aromatic N) is 1. The van der Waals surface area contributed by atoms with Crippen LogP contribution in [0.4, 0.5) is 0 Å².